The Morgan fingerprint density at radius 2 is 1.92 bits per heavy atom. The number of nitrogens with one attached hydrogen (secondary N) is 1. The predicted molar refractivity (Wildman–Crippen MR) is 103 cm³/mol. The number of aromatic nitrogens is 1. The van der Waals surface area contributed by atoms with Gasteiger partial charge < -0.3 is 5.32 Å². The van der Waals surface area contributed by atoms with Gasteiger partial charge in [-0.2, -0.15) is 11.8 Å². The summed E-state index contributed by atoms with van der Waals surface area (Å²) in [5.41, 5.74) is 2.19. The van der Waals surface area contributed by atoms with Gasteiger partial charge in [0.2, 0.25) is 5.91 Å². The number of hydrogen-bond acceptors (Lipinski definition) is 4. The van der Waals surface area contributed by atoms with Crippen LogP contribution in [0.2, 0.25) is 0 Å². The smallest absolute Gasteiger partial charge is 0.221 e. The molecule has 1 heterocycles. The zero-order chi connectivity index (χ0) is 16.8. The first-order valence-electron chi connectivity index (χ1n) is 7.99. The van der Waals surface area contributed by atoms with Crippen LogP contribution in [0.15, 0.2) is 54.6 Å². The molecular formula is C19H20N2OS2. The first-order chi connectivity index (χ1) is 11.7. The summed E-state index contributed by atoms with van der Waals surface area (Å²) in [6.45, 7) is 2.02. The van der Waals surface area contributed by atoms with E-state index in [9.17, 15) is 4.79 Å². The summed E-state index contributed by atoms with van der Waals surface area (Å²) in [6.07, 6.45) is 0.534. The van der Waals surface area contributed by atoms with Gasteiger partial charge in [-0.25, -0.2) is 4.98 Å². The normalized spacial score (nSPS) is 12.2. The topological polar surface area (TPSA) is 42.0 Å². The van der Waals surface area contributed by atoms with Gasteiger partial charge in [-0.3, -0.25) is 4.79 Å². The molecule has 3 rings (SSSR count). The van der Waals surface area contributed by atoms with E-state index in [1.807, 2.05) is 55.5 Å². The van der Waals surface area contributed by atoms with Crippen LogP contribution in [0, 0.1) is 0 Å². The lowest BCUT2D eigenvalue weighted by molar-refractivity contribution is -0.121. The standard InChI is InChI=1S/C19H20N2OS2/c1-14(15-7-3-2-4-8-15)20-18(22)11-12-23-13-19-21-16-9-5-6-10-17(16)24-19/h2-10,14H,11-13H2,1H3,(H,20,22). The van der Waals surface area contributed by atoms with E-state index in [1.165, 1.54) is 4.70 Å². The molecule has 0 radical (unpaired) electrons. The second kappa shape index (κ2) is 8.31. The SMILES string of the molecule is CC(NC(=O)CCSCc1nc2ccccc2s1)c1ccccc1. The number of nitrogens with zero attached hydrogens (tertiary/aromatic N) is 1. The van der Waals surface area contributed by atoms with Crippen molar-refractivity contribution < 1.29 is 4.79 Å². The van der Waals surface area contributed by atoms with E-state index < -0.39 is 0 Å². The summed E-state index contributed by atoms with van der Waals surface area (Å²) >= 11 is 3.49. The molecule has 1 amide bonds. The first-order valence-corrected chi connectivity index (χ1v) is 9.96. The van der Waals surface area contributed by atoms with Crippen LogP contribution >= 0.6 is 23.1 Å². The third kappa shape index (κ3) is 4.58. The van der Waals surface area contributed by atoms with E-state index in [-0.39, 0.29) is 11.9 Å². The Bertz CT molecular complexity index is 768. The van der Waals surface area contributed by atoms with Crippen molar-refractivity contribution in [1.29, 1.82) is 0 Å². The molecule has 0 aliphatic carbocycles. The van der Waals surface area contributed by atoms with Crippen molar-refractivity contribution in [2.24, 2.45) is 0 Å². The summed E-state index contributed by atoms with van der Waals surface area (Å²) in [6, 6.07) is 18.3. The quantitative estimate of drug-likeness (QED) is 0.619. The molecule has 0 spiro atoms. The molecule has 24 heavy (non-hydrogen) atoms. The average Bonchev–Trinajstić information content (AvgIpc) is 3.02. The maximum atomic E-state index is 12.0. The van der Waals surface area contributed by atoms with Gasteiger partial charge >= 0.3 is 0 Å². The highest BCUT2D eigenvalue weighted by Gasteiger charge is 2.09. The van der Waals surface area contributed by atoms with Crippen molar-refractivity contribution in [2.75, 3.05) is 5.75 Å². The molecule has 0 bridgehead atoms. The largest absolute Gasteiger partial charge is 0.350 e. The molecule has 1 atom stereocenters. The Kier molecular flexibility index (Phi) is 5.88. The van der Waals surface area contributed by atoms with Crippen LogP contribution in [0.3, 0.4) is 0 Å². The molecule has 0 aliphatic heterocycles. The van der Waals surface area contributed by atoms with Crippen molar-refractivity contribution in [3.8, 4) is 0 Å². The molecule has 5 heteroatoms. The van der Waals surface area contributed by atoms with Crippen molar-refractivity contribution in [3.63, 3.8) is 0 Å². The van der Waals surface area contributed by atoms with Crippen molar-refractivity contribution in [2.45, 2.75) is 25.1 Å². The van der Waals surface area contributed by atoms with E-state index in [2.05, 4.69) is 16.4 Å². The van der Waals surface area contributed by atoms with E-state index >= 15 is 0 Å². The van der Waals surface area contributed by atoms with E-state index in [1.54, 1.807) is 23.1 Å². The van der Waals surface area contributed by atoms with Crippen LogP contribution in [0.4, 0.5) is 0 Å². The van der Waals surface area contributed by atoms with Gasteiger partial charge in [0, 0.05) is 17.9 Å². The first kappa shape index (κ1) is 17.0. The summed E-state index contributed by atoms with van der Waals surface area (Å²) < 4.78 is 1.22. The maximum Gasteiger partial charge on any atom is 0.221 e. The number of carbonyl (C=O) groups is 1. The molecule has 0 saturated heterocycles. The number of fused-ring (bicyclic) bond motifs is 1. The number of rotatable bonds is 7. The van der Waals surface area contributed by atoms with Gasteiger partial charge in [0.1, 0.15) is 5.01 Å². The molecule has 0 saturated carbocycles. The highest BCUT2D eigenvalue weighted by Crippen LogP contribution is 2.25. The average molecular weight is 357 g/mol. The monoisotopic (exact) mass is 356 g/mol. The predicted octanol–water partition coefficient (Wildman–Crippen LogP) is 4.80. The third-order valence-corrected chi connectivity index (χ3v) is 5.90. The van der Waals surface area contributed by atoms with Gasteiger partial charge in [0.15, 0.2) is 0 Å². The van der Waals surface area contributed by atoms with Crippen LogP contribution in [0.1, 0.15) is 30.0 Å². The van der Waals surface area contributed by atoms with Gasteiger partial charge in [0.25, 0.3) is 0 Å². The molecule has 1 N–H and O–H groups in total. The van der Waals surface area contributed by atoms with E-state index in [4.69, 9.17) is 0 Å². The maximum absolute atomic E-state index is 12.0. The van der Waals surface area contributed by atoms with Crippen molar-refractivity contribution in [3.05, 3.63) is 65.2 Å². The molecule has 2 aromatic carbocycles. The third-order valence-electron chi connectivity index (χ3n) is 3.71. The lowest BCUT2D eigenvalue weighted by atomic mass is 10.1. The summed E-state index contributed by atoms with van der Waals surface area (Å²) in [4.78, 5) is 16.7. The number of benzene rings is 2. The molecular weight excluding hydrogens is 336 g/mol. The summed E-state index contributed by atoms with van der Waals surface area (Å²) in [7, 11) is 0. The Morgan fingerprint density at radius 1 is 1.17 bits per heavy atom. The van der Waals surface area contributed by atoms with Crippen LogP contribution in [-0.2, 0) is 10.5 Å². The minimum absolute atomic E-state index is 0.0490. The van der Waals surface area contributed by atoms with Gasteiger partial charge in [-0.1, -0.05) is 42.5 Å². The minimum Gasteiger partial charge on any atom is -0.350 e. The lowest BCUT2D eigenvalue weighted by Crippen LogP contribution is -2.26. The van der Waals surface area contributed by atoms with Gasteiger partial charge in [-0.05, 0) is 24.6 Å². The fourth-order valence-corrected chi connectivity index (χ4v) is 4.41. The minimum atomic E-state index is 0.0490. The molecule has 3 nitrogen and oxygen atoms in total. The highest BCUT2D eigenvalue weighted by molar-refractivity contribution is 7.98. The lowest BCUT2D eigenvalue weighted by Gasteiger charge is -2.14. The summed E-state index contributed by atoms with van der Waals surface area (Å²) in [5.74, 6) is 1.77. The summed E-state index contributed by atoms with van der Waals surface area (Å²) in [5, 5.41) is 4.18. The molecule has 124 valence electrons. The van der Waals surface area contributed by atoms with Crippen LogP contribution in [-0.4, -0.2) is 16.6 Å². The van der Waals surface area contributed by atoms with Crippen molar-refractivity contribution >= 4 is 39.2 Å². The fraction of sp³-hybridized carbons (Fsp3) is 0.263. The Hall–Kier alpha value is -1.85. The second-order valence-corrected chi connectivity index (χ2v) is 7.80. The van der Waals surface area contributed by atoms with Crippen LogP contribution in [0.5, 0.6) is 0 Å². The van der Waals surface area contributed by atoms with Gasteiger partial charge in [0.05, 0.1) is 16.3 Å². The number of carbonyl (C=O) groups excluding carboxylic acids is 1. The highest BCUT2D eigenvalue weighted by atomic mass is 32.2. The van der Waals surface area contributed by atoms with Crippen LogP contribution in [0.25, 0.3) is 10.2 Å². The number of amides is 1. The van der Waals surface area contributed by atoms with Gasteiger partial charge in [-0.15, -0.1) is 11.3 Å². The molecule has 3 aromatic rings. The zero-order valence-corrected chi connectivity index (χ0v) is 15.2. The molecule has 0 aliphatic rings. The Balaban J connectivity index is 1.40. The van der Waals surface area contributed by atoms with E-state index in [0.717, 1.165) is 27.6 Å². The Labute approximate surface area is 150 Å². The second-order valence-electron chi connectivity index (χ2n) is 5.58. The molecule has 0 fully saturated rings. The zero-order valence-electron chi connectivity index (χ0n) is 13.6. The van der Waals surface area contributed by atoms with Crippen LogP contribution < -0.4 is 5.32 Å². The van der Waals surface area contributed by atoms with Crippen molar-refractivity contribution in [1.82, 2.24) is 10.3 Å². The number of para-hydroxylation sites is 1. The number of hydrogen-bond donors (Lipinski definition) is 1. The number of thioether (sulfide) groups is 1. The molecule has 1 unspecified atom stereocenters. The van der Waals surface area contributed by atoms with E-state index in [0.29, 0.717) is 6.42 Å². The fourth-order valence-electron chi connectivity index (χ4n) is 2.44. The number of thiazole rings is 1. The molecule has 1 aromatic heterocycles. The Morgan fingerprint density at radius 3 is 2.71 bits per heavy atom.